The highest BCUT2D eigenvalue weighted by molar-refractivity contribution is 5.95. The number of hydrogen-bond donors (Lipinski definition) is 1. The summed E-state index contributed by atoms with van der Waals surface area (Å²) in [5.41, 5.74) is 1.58. The second-order valence-electron chi connectivity index (χ2n) is 6.05. The average molecular weight is 349 g/mol. The molecule has 0 bridgehead atoms. The van der Waals surface area contributed by atoms with Crippen LogP contribution in [0.15, 0.2) is 67.3 Å². The van der Waals surface area contributed by atoms with E-state index in [1.165, 1.54) is 0 Å². The summed E-state index contributed by atoms with van der Waals surface area (Å²) in [4.78, 5) is 16.9. The Morgan fingerprint density at radius 3 is 2.69 bits per heavy atom. The molecule has 1 N–H and O–H groups in total. The molecule has 0 fully saturated rings. The summed E-state index contributed by atoms with van der Waals surface area (Å²) in [7, 11) is 0. The van der Waals surface area contributed by atoms with Crippen LogP contribution in [0.25, 0.3) is 0 Å². The molecule has 0 aliphatic carbocycles. The SMILES string of the molecule is O=C(N[C@@H](Cn1ccnc1)c1ccccc1)c1ccc2c(c1)OCCO2. The molecule has 2 heterocycles. The maximum atomic E-state index is 12.8. The van der Waals surface area contributed by atoms with Crippen molar-refractivity contribution in [2.24, 2.45) is 0 Å². The number of rotatable bonds is 5. The maximum Gasteiger partial charge on any atom is 0.251 e. The summed E-state index contributed by atoms with van der Waals surface area (Å²) in [6.45, 7) is 1.62. The lowest BCUT2D eigenvalue weighted by atomic mass is 10.1. The van der Waals surface area contributed by atoms with Crippen LogP contribution in [0, 0.1) is 0 Å². The molecule has 3 aromatic rings. The van der Waals surface area contributed by atoms with Gasteiger partial charge in [-0.2, -0.15) is 0 Å². The van der Waals surface area contributed by atoms with Gasteiger partial charge in [-0.25, -0.2) is 4.98 Å². The number of benzene rings is 2. The zero-order valence-corrected chi connectivity index (χ0v) is 14.2. The number of imidazole rings is 1. The maximum absolute atomic E-state index is 12.8. The van der Waals surface area contributed by atoms with Crippen molar-refractivity contribution in [2.75, 3.05) is 13.2 Å². The number of hydrogen-bond acceptors (Lipinski definition) is 4. The minimum atomic E-state index is -0.175. The predicted molar refractivity (Wildman–Crippen MR) is 96.3 cm³/mol. The van der Waals surface area contributed by atoms with Crippen LogP contribution in [0.3, 0.4) is 0 Å². The molecule has 132 valence electrons. The number of nitrogens with zero attached hydrogens (tertiary/aromatic N) is 2. The van der Waals surface area contributed by atoms with E-state index in [9.17, 15) is 4.79 Å². The first-order valence-electron chi connectivity index (χ1n) is 8.51. The summed E-state index contributed by atoms with van der Waals surface area (Å²) in [6, 6.07) is 15.0. The zero-order chi connectivity index (χ0) is 17.8. The van der Waals surface area contributed by atoms with E-state index in [-0.39, 0.29) is 11.9 Å². The molecule has 4 rings (SSSR count). The van der Waals surface area contributed by atoms with Crippen LogP contribution < -0.4 is 14.8 Å². The molecule has 0 radical (unpaired) electrons. The molecule has 2 aromatic carbocycles. The second kappa shape index (κ2) is 7.31. The Hall–Kier alpha value is -3.28. The van der Waals surface area contributed by atoms with Crippen LogP contribution in [-0.4, -0.2) is 28.7 Å². The lowest BCUT2D eigenvalue weighted by Crippen LogP contribution is -2.31. The molecule has 1 aliphatic heterocycles. The highest BCUT2D eigenvalue weighted by Crippen LogP contribution is 2.31. The Labute approximate surface area is 151 Å². The molecule has 0 spiro atoms. The van der Waals surface area contributed by atoms with Crippen LogP contribution >= 0.6 is 0 Å². The highest BCUT2D eigenvalue weighted by Gasteiger charge is 2.19. The van der Waals surface area contributed by atoms with Crippen molar-refractivity contribution in [3.05, 3.63) is 78.4 Å². The number of fused-ring (bicyclic) bond motifs is 1. The van der Waals surface area contributed by atoms with E-state index >= 15 is 0 Å². The summed E-state index contributed by atoms with van der Waals surface area (Å²) >= 11 is 0. The third-order valence-corrected chi connectivity index (χ3v) is 4.26. The molecular weight excluding hydrogens is 330 g/mol. The van der Waals surface area contributed by atoms with Gasteiger partial charge in [0.2, 0.25) is 0 Å². The number of aromatic nitrogens is 2. The topological polar surface area (TPSA) is 65.4 Å². The molecule has 0 saturated carbocycles. The van der Waals surface area contributed by atoms with E-state index in [4.69, 9.17) is 9.47 Å². The van der Waals surface area contributed by atoms with Crippen molar-refractivity contribution in [1.29, 1.82) is 0 Å². The van der Waals surface area contributed by atoms with Gasteiger partial charge in [-0.15, -0.1) is 0 Å². The van der Waals surface area contributed by atoms with Crippen molar-refractivity contribution in [2.45, 2.75) is 12.6 Å². The third-order valence-electron chi connectivity index (χ3n) is 4.26. The van der Waals surface area contributed by atoms with E-state index in [1.807, 2.05) is 41.1 Å². The minimum absolute atomic E-state index is 0.157. The monoisotopic (exact) mass is 349 g/mol. The van der Waals surface area contributed by atoms with Crippen LogP contribution in [0.4, 0.5) is 0 Å². The molecule has 1 atom stereocenters. The Balaban J connectivity index is 1.56. The smallest absolute Gasteiger partial charge is 0.251 e. The molecule has 0 unspecified atom stereocenters. The molecular formula is C20H19N3O3. The molecule has 6 heteroatoms. The lowest BCUT2D eigenvalue weighted by molar-refractivity contribution is 0.0931. The standard InChI is InChI=1S/C20H19N3O3/c24-20(16-6-7-18-19(12-16)26-11-10-25-18)22-17(13-23-9-8-21-14-23)15-4-2-1-3-5-15/h1-9,12,14,17H,10-11,13H2,(H,22,24)/t17-/m0/s1. The van der Waals surface area contributed by atoms with E-state index < -0.39 is 0 Å². The fraction of sp³-hybridized carbons (Fsp3) is 0.200. The number of nitrogens with one attached hydrogen (secondary N) is 1. The fourth-order valence-electron chi connectivity index (χ4n) is 2.95. The number of carbonyl (C=O) groups excluding carboxylic acids is 1. The number of ether oxygens (including phenoxy) is 2. The van der Waals surface area contributed by atoms with Gasteiger partial charge in [-0.3, -0.25) is 4.79 Å². The summed E-state index contributed by atoms with van der Waals surface area (Å²) in [5, 5.41) is 3.11. The number of amides is 1. The van der Waals surface area contributed by atoms with Crippen molar-refractivity contribution >= 4 is 5.91 Å². The Morgan fingerprint density at radius 2 is 1.92 bits per heavy atom. The van der Waals surface area contributed by atoms with Gasteiger partial charge in [0.1, 0.15) is 13.2 Å². The van der Waals surface area contributed by atoms with Crippen molar-refractivity contribution in [1.82, 2.24) is 14.9 Å². The molecule has 1 aromatic heterocycles. The van der Waals surface area contributed by atoms with Gasteiger partial charge in [0.05, 0.1) is 12.4 Å². The lowest BCUT2D eigenvalue weighted by Gasteiger charge is -2.21. The third kappa shape index (κ3) is 3.54. The van der Waals surface area contributed by atoms with E-state index in [1.54, 1.807) is 30.7 Å². The molecule has 26 heavy (non-hydrogen) atoms. The van der Waals surface area contributed by atoms with Gasteiger partial charge in [-0.1, -0.05) is 30.3 Å². The normalized spacial score (nSPS) is 13.8. The zero-order valence-electron chi connectivity index (χ0n) is 14.2. The molecule has 1 aliphatic rings. The van der Waals surface area contributed by atoms with Crippen molar-refractivity contribution < 1.29 is 14.3 Å². The summed E-state index contributed by atoms with van der Waals surface area (Å²) in [5.74, 6) is 1.12. The second-order valence-corrected chi connectivity index (χ2v) is 6.05. The average Bonchev–Trinajstić information content (AvgIpc) is 3.21. The Morgan fingerprint density at radius 1 is 1.12 bits per heavy atom. The van der Waals surface area contributed by atoms with Gasteiger partial charge in [0.25, 0.3) is 5.91 Å². The number of carbonyl (C=O) groups is 1. The first kappa shape index (κ1) is 16.2. The van der Waals surface area contributed by atoms with Crippen molar-refractivity contribution in [3.8, 4) is 11.5 Å². The van der Waals surface area contributed by atoms with Gasteiger partial charge < -0.3 is 19.4 Å². The van der Waals surface area contributed by atoms with Gasteiger partial charge in [0, 0.05) is 24.5 Å². The summed E-state index contributed by atoms with van der Waals surface area (Å²) in [6.07, 6.45) is 5.35. The van der Waals surface area contributed by atoms with E-state index in [2.05, 4.69) is 10.3 Å². The first-order chi connectivity index (χ1) is 12.8. The van der Waals surface area contributed by atoms with E-state index in [0.717, 1.165) is 5.56 Å². The first-order valence-corrected chi connectivity index (χ1v) is 8.51. The van der Waals surface area contributed by atoms with Crippen molar-refractivity contribution in [3.63, 3.8) is 0 Å². The quantitative estimate of drug-likeness (QED) is 0.769. The molecule has 1 amide bonds. The molecule has 6 nitrogen and oxygen atoms in total. The Bertz CT molecular complexity index is 879. The largest absolute Gasteiger partial charge is 0.486 e. The van der Waals surface area contributed by atoms with Gasteiger partial charge >= 0.3 is 0 Å². The van der Waals surface area contributed by atoms with E-state index in [0.29, 0.717) is 36.8 Å². The van der Waals surface area contributed by atoms with Crippen LogP contribution in [0.1, 0.15) is 22.0 Å². The summed E-state index contributed by atoms with van der Waals surface area (Å²) < 4.78 is 13.0. The Kier molecular flexibility index (Phi) is 4.55. The predicted octanol–water partition coefficient (Wildman–Crippen LogP) is 2.83. The highest BCUT2D eigenvalue weighted by atomic mass is 16.6. The van der Waals surface area contributed by atoms with Crippen LogP contribution in [0.5, 0.6) is 11.5 Å². The van der Waals surface area contributed by atoms with Gasteiger partial charge in [0.15, 0.2) is 11.5 Å². The fourth-order valence-corrected chi connectivity index (χ4v) is 2.95. The molecule has 0 saturated heterocycles. The minimum Gasteiger partial charge on any atom is -0.486 e. The van der Waals surface area contributed by atoms with Gasteiger partial charge in [-0.05, 0) is 23.8 Å². The van der Waals surface area contributed by atoms with Crippen LogP contribution in [-0.2, 0) is 6.54 Å². The van der Waals surface area contributed by atoms with Crippen LogP contribution in [0.2, 0.25) is 0 Å².